The smallest absolute Gasteiger partial charge is 0.182 e. The Balaban J connectivity index is 1.34. The SMILES string of the molecule is c1ccc(-c2ccc(-c3nc(-c4cc5ccccc5cn4)nc(-c4cccc5sc6ccccc6c45)n3)cc2)cc1. The van der Waals surface area contributed by atoms with Gasteiger partial charge in [0.05, 0.1) is 0 Å². The van der Waals surface area contributed by atoms with Crippen molar-refractivity contribution >= 4 is 42.3 Å². The minimum absolute atomic E-state index is 0.555. The summed E-state index contributed by atoms with van der Waals surface area (Å²) >= 11 is 1.79. The molecule has 0 fully saturated rings. The van der Waals surface area contributed by atoms with Crippen molar-refractivity contribution in [2.24, 2.45) is 0 Å². The molecule has 3 heterocycles. The second kappa shape index (κ2) is 9.73. The first-order valence-corrected chi connectivity index (χ1v) is 14.3. The average Bonchev–Trinajstić information content (AvgIpc) is 3.44. The monoisotopic (exact) mass is 542 g/mol. The van der Waals surface area contributed by atoms with Crippen molar-refractivity contribution in [3.63, 3.8) is 0 Å². The molecule has 8 aromatic rings. The van der Waals surface area contributed by atoms with Crippen LogP contribution in [-0.2, 0) is 0 Å². The molecular formula is C36H22N4S. The van der Waals surface area contributed by atoms with E-state index in [1.807, 2.05) is 24.4 Å². The van der Waals surface area contributed by atoms with Crippen molar-refractivity contribution < 1.29 is 0 Å². The highest BCUT2D eigenvalue weighted by Gasteiger charge is 2.17. The molecule has 0 aliphatic carbocycles. The lowest BCUT2D eigenvalue weighted by molar-refractivity contribution is 1.06. The maximum atomic E-state index is 5.06. The summed E-state index contributed by atoms with van der Waals surface area (Å²) in [6.07, 6.45) is 1.88. The number of rotatable bonds is 4. The number of thiophene rings is 1. The van der Waals surface area contributed by atoms with Crippen LogP contribution in [0.2, 0.25) is 0 Å². The summed E-state index contributed by atoms with van der Waals surface area (Å²) in [5.41, 5.74) is 4.96. The standard InChI is InChI=1S/C36H22N4S/c1-2-9-23(10-3-1)24-17-19-25(20-18-24)34-38-35(29-14-8-16-32-33(29)28-13-6-7-15-31(28)41-32)40-36(39-34)30-21-26-11-4-5-12-27(26)22-37-30/h1-22H. The molecule has 0 unspecified atom stereocenters. The Hall–Kier alpha value is -5.26. The summed E-state index contributed by atoms with van der Waals surface area (Å²) < 4.78 is 2.46. The summed E-state index contributed by atoms with van der Waals surface area (Å²) in [7, 11) is 0. The minimum atomic E-state index is 0.555. The van der Waals surface area contributed by atoms with Gasteiger partial charge in [-0.2, -0.15) is 0 Å². The van der Waals surface area contributed by atoms with Crippen molar-refractivity contribution in [2.75, 3.05) is 0 Å². The third kappa shape index (κ3) is 4.24. The molecular weight excluding hydrogens is 520 g/mol. The van der Waals surface area contributed by atoms with Gasteiger partial charge in [-0.1, -0.05) is 109 Å². The fourth-order valence-corrected chi connectivity index (χ4v) is 6.48. The van der Waals surface area contributed by atoms with Crippen molar-refractivity contribution in [3.8, 4) is 45.4 Å². The van der Waals surface area contributed by atoms with Gasteiger partial charge in [-0.25, -0.2) is 15.0 Å². The molecule has 8 rings (SSSR count). The average molecular weight is 543 g/mol. The van der Waals surface area contributed by atoms with E-state index in [2.05, 4.69) is 109 Å². The lowest BCUT2D eigenvalue weighted by atomic mass is 10.0. The first-order chi connectivity index (χ1) is 20.3. The first-order valence-electron chi connectivity index (χ1n) is 13.5. The van der Waals surface area contributed by atoms with Crippen LogP contribution in [-0.4, -0.2) is 19.9 Å². The molecule has 0 saturated heterocycles. The highest BCUT2D eigenvalue weighted by atomic mass is 32.1. The van der Waals surface area contributed by atoms with Gasteiger partial charge in [0.1, 0.15) is 5.69 Å². The molecule has 5 heteroatoms. The van der Waals surface area contributed by atoms with Crippen LogP contribution in [0.5, 0.6) is 0 Å². The number of nitrogens with zero attached hydrogens (tertiary/aromatic N) is 4. The fourth-order valence-electron chi connectivity index (χ4n) is 5.35. The van der Waals surface area contributed by atoms with Gasteiger partial charge in [0.15, 0.2) is 17.5 Å². The molecule has 3 aromatic heterocycles. The highest BCUT2D eigenvalue weighted by Crippen LogP contribution is 2.39. The van der Waals surface area contributed by atoms with E-state index in [0.29, 0.717) is 17.5 Å². The Morgan fingerprint density at radius 1 is 0.463 bits per heavy atom. The molecule has 0 radical (unpaired) electrons. The van der Waals surface area contributed by atoms with E-state index in [0.717, 1.165) is 33.2 Å². The number of hydrogen-bond acceptors (Lipinski definition) is 5. The zero-order valence-electron chi connectivity index (χ0n) is 21.9. The van der Waals surface area contributed by atoms with E-state index in [9.17, 15) is 0 Å². The second-order valence-electron chi connectivity index (χ2n) is 9.94. The topological polar surface area (TPSA) is 51.6 Å². The number of benzene rings is 5. The summed E-state index contributed by atoms with van der Waals surface area (Å²) in [6, 6.07) is 43.9. The number of aromatic nitrogens is 4. The van der Waals surface area contributed by atoms with E-state index in [1.54, 1.807) is 11.3 Å². The summed E-state index contributed by atoms with van der Waals surface area (Å²) in [5, 5.41) is 4.56. The predicted molar refractivity (Wildman–Crippen MR) is 170 cm³/mol. The summed E-state index contributed by atoms with van der Waals surface area (Å²) in [4.78, 5) is 19.8. The molecule has 0 saturated carbocycles. The maximum absolute atomic E-state index is 5.06. The molecule has 0 aliphatic rings. The van der Waals surface area contributed by atoms with E-state index in [4.69, 9.17) is 19.9 Å². The summed E-state index contributed by atoms with van der Waals surface area (Å²) in [6.45, 7) is 0. The number of hydrogen-bond donors (Lipinski definition) is 0. The van der Waals surface area contributed by atoms with Gasteiger partial charge in [-0.05, 0) is 34.7 Å². The van der Waals surface area contributed by atoms with Gasteiger partial charge in [0.2, 0.25) is 0 Å². The predicted octanol–water partition coefficient (Wildman–Crippen LogP) is 9.46. The largest absolute Gasteiger partial charge is 0.252 e. The van der Waals surface area contributed by atoms with Crippen LogP contribution in [0.25, 0.3) is 76.4 Å². The molecule has 192 valence electrons. The van der Waals surface area contributed by atoms with Gasteiger partial charge in [-0.15, -0.1) is 11.3 Å². The lowest BCUT2D eigenvalue weighted by Crippen LogP contribution is -2.01. The maximum Gasteiger partial charge on any atom is 0.182 e. The summed E-state index contributed by atoms with van der Waals surface area (Å²) in [5.74, 6) is 1.82. The van der Waals surface area contributed by atoms with E-state index < -0.39 is 0 Å². The molecule has 0 N–H and O–H groups in total. The van der Waals surface area contributed by atoms with Gasteiger partial charge >= 0.3 is 0 Å². The molecule has 0 bridgehead atoms. The Labute approximate surface area is 240 Å². The van der Waals surface area contributed by atoms with Gasteiger partial charge in [0, 0.05) is 42.9 Å². The third-order valence-electron chi connectivity index (χ3n) is 7.39. The lowest BCUT2D eigenvalue weighted by Gasteiger charge is -2.10. The second-order valence-corrected chi connectivity index (χ2v) is 11.0. The van der Waals surface area contributed by atoms with Crippen LogP contribution in [0.4, 0.5) is 0 Å². The molecule has 4 nitrogen and oxygen atoms in total. The Bertz CT molecular complexity index is 2200. The highest BCUT2D eigenvalue weighted by molar-refractivity contribution is 7.25. The zero-order chi connectivity index (χ0) is 27.2. The Morgan fingerprint density at radius 2 is 1.12 bits per heavy atom. The molecule has 0 aliphatic heterocycles. The van der Waals surface area contributed by atoms with Crippen molar-refractivity contribution in [2.45, 2.75) is 0 Å². The van der Waals surface area contributed by atoms with Crippen molar-refractivity contribution in [1.82, 2.24) is 19.9 Å². The van der Waals surface area contributed by atoms with Crippen LogP contribution >= 0.6 is 11.3 Å². The normalized spacial score (nSPS) is 11.4. The minimum Gasteiger partial charge on any atom is -0.252 e. The first kappa shape index (κ1) is 23.6. The quantitative estimate of drug-likeness (QED) is 0.222. The third-order valence-corrected chi connectivity index (χ3v) is 8.53. The van der Waals surface area contributed by atoms with Gasteiger partial charge in [0.25, 0.3) is 0 Å². The van der Waals surface area contributed by atoms with Crippen molar-refractivity contribution in [1.29, 1.82) is 0 Å². The molecule has 5 aromatic carbocycles. The Morgan fingerprint density at radius 3 is 2.00 bits per heavy atom. The van der Waals surface area contributed by atoms with E-state index >= 15 is 0 Å². The molecule has 0 amide bonds. The number of pyridine rings is 1. The molecule has 41 heavy (non-hydrogen) atoms. The van der Waals surface area contributed by atoms with Crippen LogP contribution < -0.4 is 0 Å². The molecule has 0 atom stereocenters. The number of fused-ring (bicyclic) bond motifs is 4. The van der Waals surface area contributed by atoms with Gasteiger partial charge < -0.3 is 0 Å². The van der Waals surface area contributed by atoms with Gasteiger partial charge in [-0.3, -0.25) is 4.98 Å². The van der Waals surface area contributed by atoms with Crippen LogP contribution in [0.1, 0.15) is 0 Å². The van der Waals surface area contributed by atoms with Crippen molar-refractivity contribution in [3.05, 3.63) is 134 Å². The zero-order valence-corrected chi connectivity index (χ0v) is 22.7. The van der Waals surface area contributed by atoms with Crippen LogP contribution in [0.15, 0.2) is 134 Å². The van der Waals surface area contributed by atoms with E-state index in [-0.39, 0.29) is 0 Å². The Kier molecular flexibility index (Phi) is 5.61. The molecule has 0 spiro atoms. The fraction of sp³-hybridized carbons (Fsp3) is 0. The van der Waals surface area contributed by atoms with E-state index in [1.165, 1.54) is 25.7 Å². The van der Waals surface area contributed by atoms with Crippen LogP contribution in [0.3, 0.4) is 0 Å². The van der Waals surface area contributed by atoms with Crippen LogP contribution in [0, 0.1) is 0 Å².